The molecule has 0 aliphatic rings. The van der Waals surface area contributed by atoms with Crippen molar-refractivity contribution in [2.75, 3.05) is 25.6 Å². The van der Waals surface area contributed by atoms with Crippen molar-refractivity contribution in [3.05, 3.63) is 28.3 Å². The summed E-state index contributed by atoms with van der Waals surface area (Å²) in [4.78, 5) is 11.3. The normalized spacial score (nSPS) is 10.7. The molecule has 0 spiro atoms. The van der Waals surface area contributed by atoms with Gasteiger partial charge in [0.15, 0.2) is 0 Å². The Morgan fingerprint density at radius 2 is 1.53 bits per heavy atom. The molecule has 6 nitrogen and oxygen atoms in total. The fourth-order valence-corrected chi connectivity index (χ4v) is 2.17. The van der Waals surface area contributed by atoms with Crippen molar-refractivity contribution >= 4 is 11.7 Å². The van der Waals surface area contributed by atoms with E-state index >= 15 is 0 Å². The first-order chi connectivity index (χ1) is 9.06. The van der Waals surface area contributed by atoms with E-state index in [1.807, 2.05) is 0 Å². The van der Waals surface area contributed by atoms with Gasteiger partial charge in [-0.05, 0) is 42.0 Å². The number of nitrogen functional groups attached to an aromatic ring is 1. The maximum atomic E-state index is 11.3. The number of anilines is 1. The van der Waals surface area contributed by atoms with E-state index in [0.29, 0.717) is 22.4 Å². The number of carbonyl (C=O) groups is 1. The fraction of sp³-hybridized carbons (Fsp3) is 0.462. The minimum Gasteiger partial charge on any atom is -0.478 e. The lowest BCUT2D eigenvalue weighted by atomic mass is 9.90. The van der Waals surface area contributed by atoms with Crippen LogP contribution in [0.5, 0.6) is 0 Å². The molecule has 0 amide bonds. The van der Waals surface area contributed by atoms with Gasteiger partial charge >= 0.3 is 5.97 Å². The standard InChI is InChI=1S/C13H19NO5/c14-12-8(1-4-15)7-11(13(18)19)9(2-5-16)10(12)3-6-17/h7,15-17H,1-6,14H2,(H,18,19). The van der Waals surface area contributed by atoms with E-state index in [0.717, 1.165) is 0 Å². The average molecular weight is 269 g/mol. The average Bonchev–Trinajstić information content (AvgIpc) is 2.37. The molecule has 1 aromatic rings. The van der Waals surface area contributed by atoms with Gasteiger partial charge in [0.1, 0.15) is 0 Å². The van der Waals surface area contributed by atoms with Gasteiger partial charge in [0.2, 0.25) is 0 Å². The second kappa shape index (κ2) is 7.08. The van der Waals surface area contributed by atoms with Crippen molar-refractivity contribution in [1.82, 2.24) is 0 Å². The number of aliphatic hydroxyl groups excluding tert-OH is 3. The van der Waals surface area contributed by atoms with Crippen LogP contribution in [0.15, 0.2) is 6.07 Å². The lowest BCUT2D eigenvalue weighted by Gasteiger charge is -2.17. The van der Waals surface area contributed by atoms with E-state index in [1.165, 1.54) is 6.07 Å². The second-order valence-corrected chi connectivity index (χ2v) is 4.18. The molecule has 0 saturated carbocycles. The molecule has 106 valence electrons. The Balaban J connectivity index is 3.47. The zero-order valence-electron chi connectivity index (χ0n) is 10.6. The van der Waals surface area contributed by atoms with E-state index < -0.39 is 5.97 Å². The molecule has 6 N–H and O–H groups in total. The largest absolute Gasteiger partial charge is 0.478 e. The number of benzene rings is 1. The van der Waals surface area contributed by atoms with E-state index in [9.17, 15) is 9.90 Å². The third-order valence-electron chi connectivity index (χ3n) is 3.01. The highest BCUT2D eigenvalue weighted by Gasteiger charge is 2.19. The van der Waals surface area contributed by atoms with E-state index in [1.54, 1.807) is 0 Å². The first-order valence-corrected chi connectivity index (χ1v) is 6.05. The predicted molar refractivity (Wildman–Crippen MR) is 70.2 cm³/mol. The molecule has 0 aromatic heterocycles. The van der Waals surface area contributed by atoms with Gasteiger partial charge < -0.3 is 26.2 Å². The zero-order valence-corrected chi connectivity index (χ0v) is 10.6. The summed E-state index contributed by atoms with van der Waals surface area (Å²) in [5, 5.41) is 36.3. The first kappa shape index (κ1) is 15.4. The van der Waals surface area contributed by atoms with Gasteiger partial charge in [-0.25, -0.2) is 4.79 Å². The van der Waals surface area contributed by atoms with Crippen LogP contribution < -0.4 is 5.73 Å². The molecule has 6 heteroatoms. The summed E-state index contributed by atoms with van der Waals surface area (Å²) in [6, 6.07) is 1.43. The van der Waals surface area contributed by atoms with E-state index in [2.05, 4.69) is 0 Å². The SMILES string of the molecule is Nc1c(CCO)cc(C(=O)O)c(CCO)c1CCO. The highest BCUT2D eigenvalue weighted by Crippen LogP contribution is 2.27. The van der Waals surface area contributed by atoms with Crippen molar-refractivity contribution in [3.8, 4) is 0 Å². The van der Waals surface area contributed by atoms with Crippen molar-refractivity contribution in [2.45, 2.75) is 19.3 Å². The molecule has 1 rings (SSSR count). The third-order valence-corrected chi connectivity index (χ3v) is 3.01. The number of carboxylic acid groups (broad SMARTS) is 1. The van der Waals surface area contributed by atoms with Gasteiger partial charge in [0.25, 0.3) is 0 Å². The quantitative estimate of drug-likeness (QED) is 0.428. The summed E-state index contributed by atoms with van der Waals surface area (Å²) in [6.07, 6.45) is 0.644. The van der Waals surface area contributed by atoms with Crippen LogP contribution in [0, 0.1) is 0 Å². The van der Waals surface area contributed by atoms with E-state index in [4.69, 9.17) is 21.1 Å². The van der Waals surface area contributed by atoms with Gasteiger partial charge in [-0.3, -0.25) is 0 Å². The molecule has 0 bridgehead atoms. The Kier molecular flexibility index (Phi) is 5.75. The number of rotatable bonds is 7. The summed E-state index contributed by atoms with van der Waals surface area (Å²) in [7, 11) is 0. The number of nitrogens with two attached hydrogens (primary N) is 1. The molecular formula is C13H19NO5. The fourth-order valence-electron chi connectivity index (χ4n) is 2.17. The molecule has 1 aromatic carbocycles. The molecule has 0 unspecified atom stereocenters. The molecule has 0 aliphatic heterocycles. The third kappa shape index (κ3) is 3.44. The van der Waals surface area contributed by atoms with Gasteiger partial charge in [0.05, 0.1) is 5.56 Å². The van der Waals surface area contributed by atoms with Gasteiger partial charge in [-0.1, -0.05) is 0 Å². The Morgan fingerprint density at radius 3 is 2.00 bits per heavy atom. The molecule has 0 aliphatic carbocycles. The van der Waals surface area contributed by atoms with Crippen LogP contribution in [0.2, 0.25) is 0 Å². The highest BCUT2D eigenvalue weighted by atomic mass is 16.4. The van der Waals surface area contributed by atoms with Crippen molar-refractivity contribution < 1.29 is 25.2 Å². The summed E-state index contributed by atoms with van der Waals surface area (Å²) in [5.74, 6) is -1.11. The summed E-state index contributed by atoms with van der Waals surface area (Å²) < 4.78 is 0. The van der Waals surface area contributed by atoms with Crippen molar-refractivity contribution in [2.24, 2.45) is 0 Å². The Bertz CT molecular complexity index is 459. The van der Waals surface area contributed by atoms with Crippen molar-refractivity contribution in [3.63, 3.8) is 0 Å². The first-order valence-electron chi connectivity index (χ1n) is 6.05. The Morgan fingerprint density at radius 1 is 1.00 bits per heavy atom. The number of hydrogen-bond acceptors (Lipinski definition) is 5. The zero-order chi connectivity index (χ0) is 14.4. The van der Waals surface area contributed by atoms with Crippen LogP contribution >= 0.6 is 0 Å². The van der Waals surface area contributed by atoms with Crippen LogP contribution in [0.3, 0.4) is 0 Å². The minimum atomic E-state index is -1.11. The second-order valence-electron chi connectivity index (χ2n) is 4.18. The molecule has 0 fully saturated rings. The molecule has 0 radical (unpaired) electrons. The minimum absolute atomic E-state index is 0.0650. The molecular weight excluding hydrogens is 250 g/mol. The number of hydrogen-bond donors (Lipinski definition) is 5. The Hall–Kier alpha value is -1.63. The topological polar surface area (TPSA) is 124 Å². The van der Waals surface area contributed by atoms with E-state index in [-0.39, 0.29) is 44.6 Å². The highest BCUT2D eigenvalue weighted by molar-refractivity contribution is 5.91. The maximum absolute atomic E-state index is 11.3. The van der Waals surface area contributed by atoms with Gasteiger partial charge in [-0.2, -0.15) is 0 Å². The number of aliphatic hydroxyl groups is 3. The monoisotopic (exact) mass is 269 g/mol. The maximum Gasteiger partial charge on any atom is 0.335 e. The molecule has 0 atom stereocenters. The van der Waals surface area contributed by atoms with Crippen LogP contribution in [-0.4, -0.2) is 46.2 Å². The van der Waals surface area contributed by atoms with Gasteiger partial charge in [-0.15, -0.1) is 0 Å². The Labute approximate surface area is 111 Å². The summed E-state index contributed by atoms with van der Waals surface area (Å²) in [5.41, 5.74) is 7.94. The van der Waals surface area contributed by atoms with Gasteiger partial charge in [0, 0.05) is 25.5 Å². The van der Waals surface area contributed by atoms with Crippen LogP contribution in [0.1, 0.15) is 27.0 Å². The number of aromatic carboxylic acids is 1. The smallest absolute Gasteiger partial charge is 0.335 e. The van der Waals surface area contributed by atoms with Crippen LogP contribution in [0.25, 0.3) is 0 Å². The summed E-state index contributed by atoms with van der Waals surface area (Å²) >= 11 is 0. The number of carboxylic acids is 1. The van der Waals surface area contributed by atoms with Crippen molar-refractivity contribution in [1.29, 1.82) is 0 Å². The molecule has 0 saturated heterocycles. The molecule has 0 heterocycles. The van der Waals surface area contributed by atoms with Crippen LogP contribution in [0.4, 0.5) is 5.69 Å². The summed E-state index contributed by atoms with van der Waals surface area (Å²) in [6.45, 7) is -0.497. The van der Waals surface area contributed by atoms with Crippen LogP contribution in [-0.2, 0) is 19.3 Å². The lowest BCUT2D eigenvalue weighted by Crippen LogP contribution is -2.14. The predicted octanol–water partition coefficient (Wildman–Crippen LogP) is -0.429. The molecule has 19 heavy (non-hydrogen) atoms. The lowest BCUT2D eigenvalue weighted by molar-refractivity contribution is 0.0695.